The Labute approximate surface area is 80.1 Å². The van der Waals surface area contributed by atoms with Crippen LogP contribution in [0.15, 0.2) is 29.3 Å². The molecule has 1 aromatic rings. The van der Waals surface area contributed by atoms with Gasteiger partial charge in [0.2, 0.25) is 12.4 Å². The Morgan fingerprint density at radius 3 is 2.62 bits per heavy atom. The third-order valence-electron chi connectivity index (χ3n) is 1.51. The first-order chi connectivity index (χ1) is 6.22. The standard InChI is InChI=1S/C9H7ClFNO/c10-8-3-1-7(2-4-8)5-9(11)12-6-13/h1-4,9H,5H2. The van der Waals surface area contributed by atoms with Crippen molar-refractivity contribution in [2.75, 3.05) is 0 Å². The number of benzene rings is 1. The van der Waals surface area contributed by atoms with Gasteiger partial charge >= 0.3 is 0 Å². The Bertz CT molecular complexity index is 319. The molecule has 0 spiro atoms. The van der Waals surface area contributed by atoms with Crippen molar-refractivity contribution in [3.05, 3.63) is 34.9 Å². The summed E-state index contributed by atoms with van der Waals surface area (Å²) < 4.78 is 12.7. The van der Waals surface area contributed by atoms with E-state index in [4.69, 9.17) is 11.6 Å². The van der Waals surface area contributed by atoms with Gasteiger partial charge in [0.25, 0.3) is 0 Å². The van der Waals surface area contributed by atoms with E-state index in [1.54, 1.807) is 24.3 Å². The van der Waals surface area contributed by atoms with Crippen LogP contribution in [0.3, 0.4) is 0 Å². The van der Waals surface area contributed by atoms with Crippen molar-refractivity contribution in [2.24, 2.45) is 4.99 Å². The van der Waals surface area contributed by atoms with E-state index in [0.29, 0.717) is 5.02 Å². The van der Waals surface area contributed by atoms with Gasteiger partial charge in [-0.2, -0.15) is 4.99 Å². The minimum Gasteiger partial charge on any atom is -0.221 e. The summed E-state index contributed by atoms with van der Waals surface area (Å²) in [6.45, 7) is 0. The Kier molecular flexibility index (Phi) is 3.62. The van der Waals surface area contributed by atoms with Crippen LogP contribution < -0.4 is 0 Å². The molecule has 1 unspecified atom stereocenters. The van der Waals surface area contributed by atoms with Gasteiger partial charge in [0, 0.05) is 11.4 Å². The van der Waals surface area contributed by atoms with Gasteiger partial charge in [-0.25, -0.2) is 9.18 Å². The Morgan fingerprint density at radius 2 is 2.08 bits per heavy atom. The maximum atomic E-state index is 12.7. The van der Waals surface area contributed by atoms with E-state index in [1.807, 2.05) is 0 Å². The van der Waals surface area contributed by atoms with E-state index in [0.717, 1.165) is 5.56 Å². The molecule has 0 aliphatic carbocycles. The van der Waals surface area contributed by atoms with Gasteiger partial charge in [0.1, 0.15) is 0 Å². The predicted octanol–water partition coefficient (Wildman–Crippen LogP) is 2.51. The normalized spacial score (nSPS) is 11.8. The van der Waals surface area contributed by atoms with E-state index in [9.17, 15) is 9.18 Å². The van der Waals surface area contributed by atoms with Crippen LogP contribution in [0.25, 0.3) is 0 Å². The fourth-order valence-corrected chi connectivity index (χ4v) is 1.04. The van der Waals surface area contributed by atoms with E-state index in [2.05, 4.69) is 4.99 Å². The van der Waals surface area contributed by atoms with Crippen molar-refractivity contribution in [3.8, 4) is 0 Å². The van der Waals surface area contributed by atoms with Crippen molar-refractivity contribution in [1.82, 2.24) is 0 Å². The Hall–Kier alpha value is -1.18. The first kappa shape index (κ1) is 9.90. The van der Waals surface area contributed by atoms with Gasteiger partial charge in [-0.05, 0) is 17.7 Å². The van der Waals surface area contributed by atoms with E-state index >= 15 is 0 Å². The molecule has 1 rings (SSSR count). The van der Waals surface area contributed by atoms with Crippen molar-refractivity contribution in [2.45, 2.75) is 12.7 Å². The molecule has 0 N–H and O–H groups in total. The zero-order valence-electron chi connectivity index (χ0n) is 6.71. The molecule has 0 aliphatic heterocycles. The number of nitrogens with zero attached hydrogens (tertiary/aromatic N) is 1. The molecule has 13 heavy (non-hydrogen) atoms. The van der Waals surface area contributed by atoms with Crippen LogP contribution in [0, 0.1) is 0 Å². The number of alkyl halides is 1. The SMILES string of the molecule is O=C=NC(F)Cc1ccc(Cl)cc1. The topological polar surface area (TPSA) is 29.4 Å². The quantitative estimate of drug-likeness (QED) is 0.418. The molecule has 1 aromatic carbocycles. The highest BCUT2D eigenvalue weighted by molar-refractivity contribution is 6.30. The summed E-state index contributed by atoms with van der Waals surface area (Å²) in [6, 6.07) is 6.70. The average molecular weight is 200 g/mol. The Balaban J connectivity index is 2.64. The summed E-state index contributed by atoms with van der Waals surface area (Å²) in [4.78, 5) is 12.6. The van der Waals surface area contributed by atoms with Crippen molar-refractivity contribution < 1.29 is 9.18 Å². The molecule has 0 aromatic heterocycles. The molecule has 4 heteroatoms. The van der Waals surface area contributed by atoms with Gasteiger partial charge in [0.15, 0.2) is 0 Å². The molecule has 0 heterocycles. The third-order valence-corrected chi connectivity index (χ3v) is 1.76. The molecule has 0 bridgehead atoms. The summed E-state index contributed by atoms with van der Waals surface area (Å²) in [5, 5.41) is 0.595. The van der Waals surface area contributed by atoms with Crippen LogP contribution in [-0.2, 0) is 11.2 Å². The van der Waals surface area contributed by atoms with E-state index in [-0.39, 0.29) is 6.42 Å². The number of carbonyl (C=O) groups excluding carboxylic acids is 1. The largest absolute Gasteiger partial charge is 0.237 e. The predicted molar refractivity (Wildman–Crippen MR) is 48.2 cm³/mol. The second kappa shape index (κ2) is 4.75. The van der Waals surface area contributed by atoms with Gasteiger partial charge < -0.3 is 0 Å². The molecular formula is C9H7ClFNO. The highest BCUT2D eigenvalue weighted by Crippen LogP contribution is 2.12. The van der Waals surface area contributed by atoms with Crippen molar-refractivity contribution >= 4 is 17.7 Å². The monoisotopic (exact) mass is 199 g/mol. The number of hydrogen-bond acceptors (Lipinski definition) is 2. The lowest BCUT2D eigenvalue weighted by atomic mass is 10.1. The number of hydrogen-bond donors (Lipinski definition) is 0. The minimum atomic E-state index is -1.52. The summed E-state index contributed by atoms with van der Waals surface area (Å²) >= 11 is 5.63. The lowest BCUT2D eigenvalue weighted by Gasteiger charge is -2.00. The molecule has 68 valence electrons. The van der Waals surface area contributed by atoms with Gasteiger partial charge in [-0.3, -0.25) is 0 Å². The van der Waals surface area contributed by atoms with Crippen molar-refractivity contribution in [3.63, 3.8) is 0 Å². The molecular weight excluding hydrogens is 193 g/mol. The van der Waals surface area contributed by atoms with Crippen LogP contribution in [0.4, 0.5) is 4.39 Å². The zero-order valence-corrected chi connectivity index (χ0v) is 7.46. The maximum Gasteiger partial charge on any atom is 0.237 e. The number of halogens is 2. The Morgan fingerprint density at radius 1 is 1.46 bits per heavy atom. The molecule has 2 nitrogen and oxygen atoms in total. The molecule has 0 saturated carbocycles. The fraction of sp³-hybridized carbons (Fsp3) is 0.222. The molecule has 1 atom stereocenters. The number of rotatable bonds is 3. The average Bonchev–Trinajstić information content (AvgIpc) is 2.09. The van der Waals surface area contributed by atoms with Crippen LogP contribution in [-0.4, -0.2) is 12.4 Å². The second-order valence-electron chi connectivity index (χ2n) is 2.49. The lowest BCUT2D eigenvalue weighted by molar-refractivity contribution is 0.344. The minimum absolute atomic E-state index is 0.0758. The van der Waals surface area contributed by atoms with Gasteiger partial charge in [0.05, 0.1) is 0 Å². The van der Waals surface area contributed by atoms with Crippen LogP contribution >= 0.6 is 11.6 Å². The van der Waals surface area contributed by atoms with Gasteiger partial charge in [-0.1, -0.05) is 23.7 Å². The summed E-state index contributed by atoms with van der Waals surface area (Å²) in [6.07, 6.45) is -0.266. The van der Waals surface area contributed by atoms with Crippen LogP contribution in [0.1, 0.15) is 5.56 Å². The van der Waals surface area contributed by atoms with Gasteiger partial charge in [-0.15, -0.1) is 0 Å². The first-order valence-electron chi connectivity index (χ1n) is 3.68. The smallest absolute Gasteiger partial charge is 0.221 e. The third kappa shape index (κ3) is 3.36. The van der Waals surface area contributed by atoms with Crippen molar-refractivity contribution in [1.29, 1.82) is 0 Å². The molecule has 0 saturated heterocycles. The molecule has 0 radical (unpaired) electrons. The summed E-state index contributed by atoms with van der Waals surface area (Å²) in [7, 11) is 0. The number of isocyanates is 1. The first-order valence-corrected chi connectivity index (χ1v) is 4.05. The molecule has 0 aliphatic rings. The summed E-state index contributed by atoms with van der Waals surface area (Å²) in [5.41, 5.74) is 0.746. The van der Waals surface area contributed by atoms with E-state index < -0.39 is 6.30 Å². The van der Waals surface area contributed by atoms with Crippen LogP contribution in [0.5, 0.6) is 0 Å². The highest BCUT2D eigenvalue weighted by Gasteiger charge is 2.04. The second-order valence-corrected chi connectivity index (χ2v) is 2.92. The molecule has 0 fully saturated rings. The maximum absolute atomic E-state index is 12.7. The van der Waals surface area contributed by atoms with Crippen LogP contribution in [0.2, 0.25) is 5.02 Å². The molecule has 0 amide bonds. The highest BCUT2D eigenvalue weighted by atomic mass is 35.5. The fourth-order valence-electron chi connectivity index (χ4n) is 0.918. The number of aliphatic imine (C=N–C) groups is 1. The zero-order chi connectivity index (χ0) is 9.68. The summed E-state index contributed by atoms with van der Waals surface area (Å²) in [5.74, 6) is 0. The lowest BCUT2D eigenvalue weighted by Crippen LogP contribution is -2.00. The van der Waals surface area contributed by atoms with E-state index in [1.165, 1.54) is 6.08 Å².